The van der Waals surface area contributed by atoms with Gasteiger partial charge in [-0.05, 0) is 73.9 Å². The lowest BCUT2D eigenvalue weighted by Gasteiger charge is -2.11. The van der Waals surface area contributed by atoms with Crippen LogP contribution in [0.4, 0.5) is 0 Å². The SMILES string of the molecule is CCCCCCC=CC1=C(c2cccc(CCCCCCCCCCCCCCCCCCCC)c2)[N+](=[N-])C(c2cccc(CCCCCCCCCCCCCCCCCCCC)c2)=C1. The van der Waals surface area contributed by atoms with E-state index in [-0.39, 0.29) is 0 Å². The topological polar surface area (TPSA) is 25.3 Å². The maximum absolute atomic E-state index is 11.9. The molecule has 1 heterocycles. The van der Waals surface area contributed by atoms with E-state index in [2.05, 4.69) is 87.5 Å². The number of unbranched alkanes of at least 4 members (excludes halogenated alkanes) is 38. The normalized spacial score (nSPS) is 13.0. The zero-order chi connectivity index (χ0) is 46.8. The van der Waals surface area contributed by atoms with E-state index in [4.69, 9.17) is 0 Å². The molecule has 0 amide bonds. The first-order valence-electron chi connectivity index (χ1n) is 29.5. The molecule has 372 valence electrons. The summed E-state index contributed by atoms with van der Waals surface area (Å²) < 4.78 is 1.49. The van der Waals surface area contributed by atoms with Gasteiger partial charge in [-0.3, -0.25) is 0 Å². The minimum absolute atomic E-state index is 0.893. The van der Waals surface area contributed by atoms with Gasteiger partial charge in [0.15, 0.2) is 0 Å². The van der Waals surface area contributed by atoms with Gasteiger partial charge in [-0.1, -0.05) is 295 Å². The third-order valence-electron chi connectivity index (χ3n) is 14.6. The van der Waals surface area contributed by atoms with Crippen LogP contribution in [0, 0.1) is 0 Å². The highest BCUT2D eigenvalue weighted by Gasteiger charge is 2.28. The molecule has 0 atom stereocenters. The molecule has 0 aromatic heterocycles. The van der Waals surface area contributed by atoms with Crippen LogP contribution in [0.25, 0.3) is 16.9 Å². The molecular weight excluding hydrogens is 797 g/mol. The molecule has 1 aliphatic rings. The lowest BCUT2D eigenvalue weighted by molar-refractivity contribution is -0.344. The second-order valence-electron chi connectivity index (χ2n) is 20.8. The minimum atomic E-state index is 0.893. The van der Waals surface area contributed by atoms with E-state index in [1.807, 2.05) is 0 Å². The van der Waals surface area contributed by atoms with Crippen LogP contribution in [0.15, 0.2) is 72.3 Å². The Morgan fingerprint density at radius 1 is 0.379 bits per heavy atom. The van der Waals surface area contributed by atoms with Crippen molar-refractivity contribution in [1.82, 2.24) is 0 Å². The first-order valence-corrected chi connectivity index (χ1v) is 29.5. The lowest BCUT2D eigenvalue weighted by atomic mass is 10.00. The highest BCUT2D eigenvalue weighted by atomic mass is 15.2. The summed E-state index contributed by atoms with van der Waals surface area (Å²) in [6.07, 6.45) is 66.0. The Balaban J connectivity index is 1.36. The summed E-state index contributed by atoms with van der Waals surface area (Å²) in [6.45, 7) is 6.89. The number of benzene rings is 2. The van der Waals surface area contributed by atoms with Gasteiger partial charge in [0.05, 0.1) is 5.57 Å². The Morgan fingerprint density at radius 2 is 0.697 bits per heavy atom. The zero-order valence-corrected chi connectivity index (χ0v) is 44.2. The van der Waals surface area contributed by atoms with E-state index < -0.39 is 0 Å². The van der Waals surface area contributed by atoms with E-state index in [1.54, 1.807) is 0 Å². The molecule has 0 aliphatic carbocycles. The summed E-state index contributed by atoms with van der Waals surface area (Å²) in [7, 11) is 0. The van der Waals surface area contributed by atoms with Gasteiger partial charge >= 0.3 is 0 Å². The van der Waals surface area contributed by atoms with Crippen molar-refractivity contribution in [2.75, 3.05) is 0 Å². The Bertz CT molecular complexity index is 1560. The second kappa shape index (κ2) is 41.3. The summed E-state index contributed by atoms with van der Waals surface area (Å²) in [4.78, 5) is 0. The van der Waals surface area contributed by atoms with Crippen molar-refractivity contribution in [3.63, 3.8) is 0 Å². The third-order valence-corrected chi connectivity index (χ3v) is 14.6. The lowest BCUT2D eigenvalue weighted by Crippen LogP contribution is -2.03. The van der Waals surface area contributed by atoms with Crippen LogP contribution in [-0.4, -0.2) is 4.70 Å². The van der Waals surface area contributed by atoms with Gasteiger partial charge in [0.2, 0.25) is 11.4 Å². The molecule has 0 saturated heterocycles. The molecule has 0 saturated carbocycles. The maximum Gasteiger partial charge on any atom is 0.214 e. The number of hydrogen-bond donors (Lipinski definition) is 0. The van der Waals surface area contributed by atoms with Crippen molar-refractivity contribution in [2.45, 2.75) is 297 Å². The van der Waals surface area contributed by atoms with Gasteiger partial charge in [0.25, 0.3) is 0 Å². The van der Waals surface area contributed by atoms with Crippen molar-refractivity contribution < 1.29 is 4.70 Å². The van der Waals surface area contributed by atoms with E-state index in [1.165, 1.54) is 273 Å². The second-order valence-corrected chi connectivity index (χ2v) is 20.8. The van der Waals surface area contributed by atoms with Gasteiger partial charge in [-0.25, -0.2) is 4.70 Å². The van der Waals surface area contributed by atoms with Crippen LogP contribution in [0.5, 0.6) is 0 Å². The van der Waals surface area contributed by atoms with Crippen LogP contribution in [0.2, 0.25) is 0 Å². The molecular formula is C64H106N2. The number of hydrogen-bond acceptors (Lipinski definition) is 0. The molecule has 0 unspecified atom stereocenters. The van der Waals surface area contributed by atoms with Crippen LogP contribution < -0.4 is 0 Å². The fraction of sp³-hybridized carbons (Fsp3) is 0.719. The highest BCUT2D eigenvalue weighted by Crippen LogP contribution is 2.37. The summed E-state index contributed by atoms with van der Waals surface area (Å²) >= 11 is 0. The van der Waals surface area contributed by atoms with Crippen molar-refractivity contribution in [3.05, 3.63) is 100 Å². The third kappa shape index (κ3) is 27.9. The van der Waals surface area contributed by atoms with Crippen LogP contribution in [-0.2, 0) is 12.8 Å². The van der Waals surface area contributed by atoms with E-state index in [9.17, 15) is 5.53 Å². The summed E-state index contributed by atoms with van der Waals surface area (Å²) in [5.41, 5.74) is 19.8. The molecule has 0 radical (unpaired) electrons. The largest absolute Gasteiger partial charge is 0.493 e. The summed E-state index contributed by atoms with van der Waals surface area (Å²) in [6, 6.07) is 18.0. The first-order chi connectivity index (χ1) is 32.7. The molecule has 3 rings (SSSR count). The van der Waals surface area contributed by atoms with Gasteiger partial charge < -0.3 is 5.53 Å². The van der Waals surface area contributed by atoms with Crippen molar-refractivity contribution in [1.29, 1.82) is 0 Å². The van der Waals surface area contributed by atoms with Crippen LogP contribution in [0.1, 0.15) is 306 Å². The van der Waals surface area contributed by atoms with E-state index >= 15 is 0 Å². The molecule has 2 aromatic rings. The summed E-state index contributed by atoms with van der Waals surface area (Å²) in [5.74, 6) is 0. The van der Waals surface area contributed by atoms with Crippen molar-refractivity contribution in [3.8, 4) is 0 Å². The Morgan fingerprint density at radius 3 is 1.08 bits per heavy atom. The van der Waals surface area contributed by atoms with Crippen molar-refractivity contribution >= 4 is 11.4 Å². The number of nitrogens with zero attached hydrogens (tertiary/aromatic N) is 2. The van der Waals surface area contributed by atoms with Gasteiger partial charge in [-0.2, -0.15) is 0 Å². The Kier molecular flexibility index (Phi) is 36.0. The van der Waals surface area contributed by atoms with Crippen LogP contribution in [0.3, 0.4) is 0 Å². The van der Waals surface area contributed by atoms with E-state index in [0.717, 1.165) is 47.4 Å². The van der Waals surface area contributed by atoms with Gasteiger partial charge in [-0.15, -0.1) is 0 Å². The van der Waals surface area contributed by atoms with Gasteiger partial charge in [0.1, 0.15) is 0 Å². The average molecular weight is 904 g/mol. The monoisotopic (exact) mass is 903 g/mol. The average Bonchev–Trinajstić information content (AvgIpc) is 3.67. The summed E-state index contributed by atoms with van der Waals surface area (Å²) in [5, 5.41) is 0. The number of allylic oxidation sites excluding steroid dienone is 4. The molecule has 2 heteroatoms. The first kappa shape index (κ1) is 57.6. The highest BCUT2D eigenvalue weighted by molar-refractivity contribution is 5.80. The quantitative estimate of drug-likeness (QED) is 0.0467. The van der Waals surface area contributed by atoms with Crippen LogP contribution >= 0.6 is 0 Å². The van der Waals surface area contributed by atoms with Gasteiger partial charge in [0, 0.05) is 17.2 Å². The fourth-order valence-corrected chi connectivity index (χ4v) is 10.3. The molecule has 0 bridgehead atoms. The number of rotatable bonds is 46. The molecule has 2 nitrogen and oxygen atoms in total. The zero-order valence-electron chi connectivity index (χ0n) is 44.2. The fourth-order valence-electron chi connectivity index (χ4n) is 10.3. The molecule has 2 aromatic carbocycles. The Labute approximate surface area is 411 Å². The predicted octanol–water partition coefficient (Wildman–Crippen LogP) is 22.2. The number of aryl methyl sites for hydroxylation is 2. The van der Waals surface area contributed by atoms with E-state index in [0.29, 0.717) is 0 Å². The molecule has 1 aliphatic heterocycles. The molecule has 0 spiro atoms. The predicted molar refractivity (Wildman–Crippen MR) is 294 cm³/mol. The van der Waals surface area contributed by atoms with Crippen molar-refractivity contribution in [2.24, 2.45) is 0 Å². The smallest absolute Gasteiger partial charge is 0.214 e. The molecule has 0 fully saturated rings. The standard InChI is InChI=1S/C64H106N2/c1-4-7-10-13-16-18-20-22-24-26-28-30-32-34-36-38-40-43-48-58-50-46-53-60(55-58)63-57-62(52-45-42-15-12-9-6-3)64(66(63)65)61-54-47-51-59(56-61)49-44-41-39-37-35-33-31-29-27-25-23-21-19-17-14-11-8-5-2/h45-47,50-57H,4-44,48-49H2,1-3H3. The Hall–Kier alpha value is -2.74. The maximum atomic E-state index is 11.9. The molecule has 0 N–H and O–H groups in total. The minimum Gasteiger partial charge on any atom is -0.493 e. The molecule has 66 heavy (non-hydrogen) atoms.